The fraction of sp³-hybridized carbons (Fsp3) is 0.500. The molecule has 0 atom stereocenters. The van der Waals surface area contributed by atoms with E-state index in [0.29, 0.717) is 0 Å². The van der Waals surface area contributed by atoms with Gasteiger partial charge in [-0.1, -0.05) is 13.8 Å². The van der Waals surface area contributed by atoms with Crippen molar-refractivity contribution < 1.29 is 0 Å². The number of benzene rings is 1. The molecule has 0 spiro atoms. The van der Waals surface area contributed by atoms with Crippen LogP contribution in [0.4, 0.5) is 5.82 Å². The molecule has 0 aliphatic heterocycles. The molecule has 112 valence electrons. The van der Waals surface area contributed by atoms with Crippen molar-refractivity contribution >= 4 is 51.7 Å². The van der Waals surface area contributed by atoms with Crippen molar-refractivity contribution in [2.75, 3.05) is 31.5 Å². The lowest BCUT2D eigenvalue weighted by atomic mass is 10.2. The number of nitrogens with one attached hydrogen (secondary N) is 2. The van der Waals surface area contributed by atoms with Crippen molar-refractivity contribution in [1.82, 2.24) is 15.1 Å². The van der Waals surface area contributed by atoms with Crippen LogP contribution >= 0.6 is 35.0 Å². The maximum atomic E-state index is 4.34. The summed E-state index contributed by atoms with van der Waals surface area (Å²) < 4.78 is 1.23. The molecule has 0 fully saturated rings. The number of aromatic nitrogens is 2. The van der Waals surface area contributed by atoms with E-state index in [1.807, 2.05) is 0 Å². The third kappa shape index (κ3) is 4.49. The van der Waals surface area contributed by atoms with Crippen LogP contribution in [0, 0.1) is 3.57 Å². The normalized spacial score (nSPS) is 10.8. The van der Waals surface area contributed by atoms with Gasteiger partial charge >= 0.3 is 0 Å². The van der Waals surface area contributed by atoms with Crippen molar-refractivity contribution in [2.24, 2.45) is 0 Å². The Morgan fingerprint density at radius 1 is 1.30 bits per heavy atom. The summed E-state index contributed by atoms with van der Waals surface area (Å²) in [4.78, 5) is 2.44. The standard InChI is InChI=1S/C14H21IN4.ClH/c1-3-19(4-2)9-5-8-16-14-12-10-11(15)6-7-13(12)17-18-14;/h6-7,10H,3-5,8-9H2,1-2H3,(H2,16,17,18);1H. The largest absolute Gasteiger partial charge is 0.368 e. The Labute approximate surface area is 140 Å². The molecule has 1 aromatic carbocycles. The molecule has 1 aromatic heterocycles. The monoisotopic (exact) mass is 408 g/mol. The van der Waals surface area contributed by atoms with Gasteiger partial charge in [-0.25, -0.2) is 0 Å². The number of anilines is 1. The number of rotatable bonds is 7. The number of hydrogen-bond acceptors (Lipinski definition) is 3. The summed E-state index contributed by atoms with van der Waals surface area (Å²) >= 11 is 2.33. The second-order valence-electron chi connectivity index (χ2n) is 4.57. The van der Waals surface area contributed by atoms with E-state index >= 15 is 0 Å². The summed E-state index contributed by atoms with van der Waals surface area (Å²) in [7, 11) is 0. The van der Waals surface area contributed by atoms with E-state index in [1.54, 1.807) is 0 Å². The van der Waals surface area contributed by atoms with Crippen molar-refractivity contribution in [3.05, 3.63) is 21.8 Å². The average molecular weight is 409 g/mol. The highest BCUT2D eigenvalue weighted by Crippen LogP contribution is 2.22. The molecule has 2 rings (SSSR count). The molecule has 0 saturated carbocycles. The highest BCUT2D eigenvalue weighted by atomic mass is 127. The fourth-order valence-corrected chi connectivity index (χ4v) is 2.66. The molecule has 1 heterocycles. The Morgan fingerprint density at radius 3 is 2.75 bits per heavy atom. The number of H-pyrrole nitrogens is 1. The highest BCUT2D eigenvalue weighted by Gasteiger charge is 2.05. The Hall–Kier alpha value is -0.530. The first-order valence-electron chi connectivity index (χ1n) is 6.84. The summed E-state index contributed by atoms with van der Waals surface area (Å²) in [5.41, 5.74) is 1.09. The molecule has 0 radical (unpaired) electrons. The number of nitrogens with zero attached hydrogens (tertiary/aromatic N) is 2. The minimum Gasteiger partial charge on any atom is -0.368 e. The third-order valence-corrected chi connectivity index (χ3v) is 4.03. The lowest BCUT2D eigenvalue weighted by molar-refractivity contribution is 0.303. The van der Waals surface area contributed by atoms with Gasteiger partial charge in [-0.05, 0) is 66.8 Å². The lowest BCUT2D eigenvalue weighted by Crippen LogP contribution is -2.25. The number of hydrogen-bond donors (Lipinski definition) is 2. The van der Waals surface area contributed by atoms with Crippen LogP contribution in [0.2, 0.25) is 0 Å². The van der Waals surface area contributed by atoms with Crippen LogP contribution in [0.15, 0.2) is 18.2 Å². The van der Waals surface area contributed by atoms with E-state index in [-0.39, 0.29) is 12.4 Å². The van der Waals surface area contributed by atoms with Crippen LogP contribution in [-0.4, -0.2) is 41.3 Å². The van der Waals surface area contributed by atoms with E-state index < -0.39 is 0 Å². The van der Waals surface area contributed by atoms with E-state index in [2.05, 4.69) is 75.1 Å². The van der Waals surface area contributed by atoms with Crippen molar-refractivity contribution in [2.45, 2.75) is 20.3 Å². The van der Waals surface area contributed by atoms with Crippen molar-refractivity contribution in [1.29, 1.82) is 0 Å². The number of aromatic amines is 1. The van der Waals surface area contributed by atoms with Gasteiger partial charge in [0.15, 0.2) is 5.82 Å². The van der Waals surface area contributed by atoms with Gasteiger partial charge in [0.05, 0.1) is 5.52 Å². The summed E-state index contributed by atoms with van der Waals surface area (Å²) in [5.74, 6) is 0.966. The maximum absolute atomic E-state index is 4.34. The summed E-state index contributed by atoms with van der Waals surface area (Å²) in [6.45, 7) is 8.77. The van der Waals surface area contributed by atoms with Gasteiger partial charge in [-0.2, -0.15) is 5.10 Å². The summed E-state index contributed by atoms with van der Waals surface area (Å²) in [6.07, 6.45) is 1.14. The lowest BCUT2D eigenvalue weighted by Gasteiger charge is -2.17. The first-order chi connectivity index (χ1) is 9.24. The Bertz CT molecular complexity index is 525. The Balaban J connectivity index is 0.00000200. The predicted octanol–water partition coefficient (Wildman–Crippen LogP) is 3.73. The molecular weight excluding hydrogens is 387 g/mol. The molecule has 0 saturated heterocycles. The topological polar surface area (TPSA) is 44.0 Å². The van der Waals surface area contributed by atoms with Gasteiger partial charge in [-0.3, -0.25) is 5.10 Å². The minimum atomic E-state index is 0. The molecule has 20 heavy (non-hydrogen) atoms. The third-order valence-electron chi connectivity index (χ3n) is 3.36. The van der Waals surface area contributed by atoms with Crippen LogP contribution in [-0.2, 0) is 0 Å². The quantitative estimate of drug-likeness (QED) is 0.542. The number of fused-ring (bicyclic) bond motifs is 1. The zero-order chi connectivity index (χ0) is 13.7. The van der Waals surface area contributed by atoms with Gasteiger partial charge < -0.3 is 10.2 Å². The molecule has 0 unspecified atom stereocenters. The second kappa shape index (κ2) is 8.69. The summed E-state index contributed by atoms with van der Waals surface area (Å²) in [6, 6.07) is 6.32. The average Bonchev–Trinajstić information content (AvgIpc) is 2.81. The predicted molar refractivity (Wildman–Crippen MR) is 97.0 cm³/mol. The van der Waals surface area contributed by atoms with E-state index in [4.69, 9.17) is 0 Å². The molecule has 0 aliphatic rings. The second-order valence-corrected chi connectivity index (χ2v) is 5.81. The van der Waals surface area contributed by atoms with E-state index in [9.17, 15) is 0 Å². The van der Waals surface area contributed by atoms with Crippen LogP contribution in [0.5, 0.6) is 0 Å². The highest BCUT2D eigenvalue weighted by molar-refractivity contribution is 14.1. The SMILES string of the molecule is CCN(CC)CCCNc1n[nH]c2ccc(I)cc12.Cl. The Kier molecular flexibility index (Phi) is 7.61. The summed E-state index contributed by atoms with van der Waals surface area (Å²) in [5, 5.41) is 12.0. The molecule has 6 heteroatoms. The Morgan fingerprint density at radius 2 is 2.05 bits per heavy atom. The fourth-order valence-electron chi connectivity index (χ4n) is 2.17. The zero-order valence-electron chi connectivity index (χ0n) is 11.9. The van der Waals surface area contributed by atoms with Crippen LogP contribution < -0.4 is 5.32 Å². The molecule has 4 nitrogen and oxygen atoms in total. The molecule has 0 bridgehead atoms. The number of halogens is 2. The van der Waals surface area contributed by atoms with Gasteiger partial charge in [0.2, 0.25) is 0 Å². The van der Waals surface area contributed by atoms with Crippen LogP contribution in [0.3, 0.4) is 0 Å². The first kappa shape index (κ1) is 17.5. The molecule has 0 aliphatic carbocycles. The molecule has 0 amide bonds. The minimum absolute atomic E-state index is 0. The first-order valence-corrected chi connectivity index (χ1v) is 7.92. The van der Waals surface area contributed by atoms with Gasteiger partial charge in [0.1, 0.15) is 0 Å². The van der Waals surface area contributed by atoms with E-state index in [0.717, 1.165) is 43.9 Å². The molecule has 2 N–H and O–H groups in total. The smallest absolute Gasteiger partial charge is 0.155 e. The van der Waals surface area contributed by atoms with Crippen molar-refractivity contribution in [3.63, 3.8) is 0 Å². The van der Waals surface area contributed by atoms with E-state index in [1.165, 1.54) is 8.96 Å². The van der Waals surface area contributed by atoms with Crippen LogP contribution in [0.1, 0.15) is 20.3 Å². The zero-order valence-corrected chi connectivity index (χ0v) is 14.9. The van der Waals surface area contributed by atoms with Gasteiger partial charge in [0, 0.05) is 15.5 Å². The molecule has 2 aromatic rings. The molecular formula is C14H22ClIN4. The van der Waals surface area contributed by atoms with Crippen molar-refractivity contribution in [3.8, 4) is 0 Å². The maximum Gasteiger partial charge on any atom is 0.155 e. The van der Waals surface area contributed by atoms with Gasteiger partial charge in [0.25, 0.3) is 0 Å². The van der Waals surface area contributed by atoms with Crippen LogP contribution in [0.25, 0.3) is 10.9 Å². The van der Waals surface area contributed by atoms with Gasteiger partial charge in [-0.15, -0.1) is 12.4 Å².